The van der Waals surface area contributed by atoms with E-state index in [-0.39, 0.29) is 12.1 Å². The lowest BCUT2D eigenvalue weighted by atomic mass is 9.87. The van der Waals surface area contributed by atoms with Crippen molar-refractivity contribution in [3.63, 3.8) is 0 Å². The first kappa shape index (κ1) is 15.3. The van der Waals surface area contributed by atoms with Crippen LogP contribution in [0.5, 0.6) is 0 Å². The second-order valence-corrected chi connectivity index (χ2v) is 6.81. The van der Waals surface area contributed by atoms with Gasteiger partial charge in [0.1, 0.15) is 0 Å². The van der Waals surface area contributed by atoms with Crippen LogP contribution in [-0.2, 0) is 0 Å². The normalized spacial score (nSPS) is 25.3. The van der Waals surface area contributed by atoms with E-state index in [0.717, 1.165) is 40.9 Å². The van der Waals surface area contributed by atoms with Gasteiger partial charge in [-0.1, -0.05) is 40.0 Å². The minimum absolute atomic E-state index is 0.105. The first-order valence-electron chi connectivity index (χ1n) is 6.92. The number of rotatable bonds is 4. The van der Waals surface area contributed by atoms with E-state index in [9.17, 15) is 5.11 Å². The molecule has 4 heteroatoms. The maximum Gasteiger partial charge on any atom is 0.0543 e. The van der Waals surface area contributed by atoms with Crippen LogP contribution >= 0.6 is 27.5 Å². The summed E-state index contributed by atoms with van der Waals surface area (Å²) in [7, 11) is 0. The van der Waals surface area contributed by atoms with Gasteiger partial charge in [-0.2, -0.15) is 0 Å². The molecule has 0 bridgehead atoms. The van der Waals surface area contributed by atoms with Crippen molar-refractivity contribution in [2.24, 2.45) is 5.92 Å². The Morgan fingerprint density at radius 1 is 1.47 bits per heavy atom. The SMILES string of the molecule is CC(NCC1CCCC(O)C1)c1ccc(Br)cc1Cl. The maximum absolute atomic E-state index is 9.68. The Kier molecular flexibility index (Phi) is 5.70. The molecule has 1 fully saturated rings. The van der Waals surface area contributed by atoms with E-state index in [1.807, 2.05) is 12.1 Å². The number of aliphatic hydroxyl groups excluding tert-OH is 1. The van der Waals surface area contributed by atoms with Crippen LogP contribution < -0.4 is 5.32 Å². The number of hydrogen-bond donors (Lipinski definition) is 2. The molecule has 0 saturated heterocycles. The number of halogens is 2. The van der Waals surface area contributed by atoms with Crippen molar-refractivity contribution in [3.05, 3.63) is 33.3 Å². The Morgan fingerprint density at radius 2 is 2.26 bits per heavy atom. The molecular weight excluding hydrogens is 326 g/mol. The van der Waals surface area contributed by atoms with Crippen LogP contribution in [0, 0.1) is 5.92 Å². The van der Waals surface area contributed by atoms with Crippen molar-refractivity contribution >= 4 is 27.5 Å². The molecule has 0 heterocycles. The smallest absolute Gasteiger partial charge is 0.0543 e. The van der Waals surface area contributed by atoms with Crippen LogP contribution in [-0.4, -0.2) is 17.8 Å². The van der Waals surface area contributed by atoms with Crippen LogP contribution in [0.1, 0.15) is 44.2 Å². The molecule has 3 unspecified atom stereocenters. The minimum Gasteiger partial charge on any atom is -0.393 e. The van der Waals surface area contributed by atoms with Gasteiger partial charge in [-0.3, -0.25) is 0 Å². The summed E-state index contributed by atoms with van der Waals surface area (Å²) in [5, 5.41) is 14.0. The predicted molar refractivity (Wildman–Crippen MR) is 83.5 cm³/mol. The van der Waals surface area contributed by atoms with Crippen molar-refractivity contribution in [1.29, 1.82) is 0 Å². The summed E-state index contributed by atoms with van der Waals surface area (Å²) >= 11 is 9.68. The number of benzene rings is 1. The lowest BCUT2D eigenvalue weighted by Crippen LogP contribution is -2.30. The number of aliphatic hydroxyl groups is 1. The van der Waals surface area contributed by atoms with Crippen molar-refractivity contribution in [2.45, 2.75) is 44.8 Å². The molecule has 1 aromatic carbocycles. The van der Waals surface area contributed by atoms with Gasteiger partial charge in [0.25, 0.3) is 0 Å². The Labute approximate surface area is 128 Å². The zero-order valence-electron chi connectivity index (χ0n) is 11.2. The third-order valence-electron chi connectivity index (χ3n) is 3.90. The summed E-state index contributed by atoms with van der Waals surface area (Å²) in [5.74, 6) is 0.584. The van der Waals surface area contributed by atoms with Crippen LogP contribution in [0.15, 0.2) is 22.7 Å². The summed E-state index contributed by atoms with van der Waals surface area (Å²) in [6.45, 7) is 3.08. The van der Waals surface area contributed by atoms with Crippen LogP contribution in [0.25, 0.3) is 0 Å². The maximum atomic E-state index is 9.68. The quantitative estimate of drug-likeness (QED) is 0.851. The second kappa shape index (κ2) is 7.07. The van der Waals surface area contributed by atoms with E-state index in [1.54, 1.807) is 0 Å². The van der Waals surface area contributed by atoms with Crippen LogP contribution in [0.2, 0.25) is 5.02 Å². The second-order valence-electron chi connectivity index (χ2n) is 5.48. The molecular formula is C15H21BrClNO. The molecule has 1 aliphatic rings. The molecule has 2 rings (SSSR count). The monoisotopic (exact) mass is 345 g/mol. The summed E-state index contributed by atoms with van der Waals surface area (Å²) in [5.41, 5.74) is 1.13. The molecule has 0 radical (unpaired) electrons. The van der Waals surface area contributed by atoms with Gasteiger partial charge >= 0.3 is 0 Å². The first-order valence-corrected chi connectivity index (χ1v) is 8.09. The molecule has 3 atom stereocenters. The third kappa shape index (κ3) is 4.45. The molecule has 2 nitrogen and oxygen atoms in total. The van der Waals surface area contributed by atoms with Crippen molar-refractivity contribution < 1.29 is 5.11 Å². The largest absolute Gasteiger partial charge is 0.393 e. The lowest BCUT2D eigenvalue weighted by Gasteiger charge is -2.27. The van der Waals surface area contributed by atoms with Gasteiger partial charge in [0.2, 0.25) is 0 Å². The van der Waals surface area contributed by atoms with Gasteiger partial charge < -0.3 is 10.4 Å². The van der Waals surface area contributed by atoms with Crippen LogP contribution in [0.3, 0.4) is 0 Å². The highest BCUT2D eigenvalue weighted by Gasteiger charge is 2.20. The average molecular weight is 347 g/mol. The van der Waals surface area contributed by atoms with Gasteiger partial charge in [-0.15, -0.1) is 0 Å². The minimum atomic E-state index is -0.105. The summed E-state index contributed by atoms with van der Waals surface area (Å²) in [6.07, 6.45) is 4.14. The number of hydrogen-bond acceptors (Lipinski definition) is 2. The Morgan fingerprint density at radius 3 is 2.95 bits per heavy atom. The highest BCUT2D eigenvalue weighted by atomic mass is 79.9. The summed E-state index contributed by atoms with van der Waals surface area (Å²) in [4.78, 5) is 0. The summed E-state index contributed by atoms with van der Waals surface area (Å²) < 4.78 is 1.00. The molecule has 0 amide bonds. The van der Waals surface area contributed by atoms with E-state index in [2.05, 4.69) is 34.2 Å². The highest BCUT2D eigenvalue weighted by Crippen LogP contribution is 2.28. The zero-order chi connectivity index (χ0) is 13.8. The predicted octanol–water partition coefficient (Wildman–Crippen LogP) is 4.30. The molecule has 0 aromatic heterocycles. The zero-order valence-corrected chi connectivity index (χ0v) is 13.5. The fraction of sp³-hybridized carbons (Fsp3) is 0.600. The molecule has 2 N–H and O–H groups in total. The van der Waals surface area contributed by atoms with E-state index < -0.39 is 0 Å². The molecule has 1 aliphatic carbocycles. The van der Waals surface area contributed by atoms with E-state index in [4.69, 9.17) is 11.6 Å². The summed E-state index contributed by atoms with van der Waals surface area (Å²) in [6, 6.07) is 6.24. The Bertz CT molecular complexity index is 427. The molecule has 0 aliphatic heterocycles. The Balaban J connectivity index is 1.88. The fourth-order valence-electron chi connectivity index (χ4n) is 2.75. The average Bonchev–Trinajstić information content (AvgIpc) is 2.36. The molecule has 19 heavy (non-hydrogen) atoms. The molecule has 1 saturated carbocycles. The highest BCUT2D eigenvalue weighted by molar-refractivity contribution is 9.10. The number of nitrogens with one attached hydrogen (secondary N) is 1. The standard InChI is InChI=1S/C15H21BrClNO/c1-10(14-6-5-12(16)8-15(14)17)18-9-11-3-2-4-13(19)7-11/h5-6,8,10-11,13,18-19H,2-4,7,9H2,1H3. The van der Waals surface area contributed by atoms with Gasteiger partial charge in [-0.25, -0.2) is 0 Å². The van der Waals surface area contributed by atoms with E-state index >= 15 is 0 Å². The lowest BCUT2D eigenvalue weighted by molar-refractivity contribution is 0.0998. The van der Waals surface area contributed by atoms with E-state index in [0.29, 0.717) is 5.92 Å². The van der Waals surface area contributed by atoms with Crippen molar-refractivity contribution in [3.8, 4) is 0 Å². The van der Waals surface area contributed by atoms with Gasteiger partial charge in [0.15, 0.2) is 0 Å². The van der Waals surface area contributed by atoms with Gasteiger partial charge in [0.05, 0.1) is 6.10 Å². The van der Waals surface area contributed by atoms with Gasteiger partial charge in [0, 0.05) is 15.5 Å². The Hall–Kier alpha value is -0.0900. The third-order valence-corrected chi connectivity index (χ3v) is 4.72. The van der Waals surface area contributed by atoms with Crippen molar-refractivity contribution in [2.75, 3.05) is 6.54 Å². The van der Waals surface area contributed by atoms with E-state index in [1.165, 1.54) is 6.42 Å². The fourth-order valence-corrected chi connectivity index (χ4v) is 3.59. The van der Waals surface area contributed by atoms with Crippen molar-refractivity contribution in [1.82, 2.24) is 5.32 Å². The topological polar surface area (TPSA) is 32.3 Å². The molecule has 0 spiro atoms. The van der Waals surface area contributed by atoms with Crippen LogP contribution in [0.4, 0.5) is 0 Å². The van der Waals surface area contributed by atoms with Gasteiger partial charge in [-0.05, 0) is 56.3 Å². The first-order chi connectivity index (χ1) is 9.06. The molecule has 1 aromatic rings. The molecule has 106 valence electrons.